The number of ether oxygens (including phenoxy) is 1. The highest BCUT2D eigenvalue weighted by molar-refractivity contribution is 7.98. The van der Waals surface area contributed by atoms with E-state index >= 15 is 0 Å². The number of nitrogens with one attached hydrogen (secondary N) is 1. The van der Waals surface area contributed by atoms with Gasteiger partial charge in [-0.3, -0.25) is 0 Å². The molecule has 5 heteroatoms. The second kappa shape index (κ2) is 8.64. The van der Waals surface area contributed by atoms with E-state index in [-0.39, 0.29) is 0 Å². The lowest BCUT2D eigenvalue weighted by Gasteiger charge is -2.08. The van der Waals surface area contributed by atoms with Crippen molar-refractivity contribution in [2.24, 2.45) is 0 Å². The molecule has 0 aliphatic carbocycles. The standard InChI is InChI=1S/C16H21N3OS/c1-13-5-3-4-6-14(13)11-21-8-7-17-16-9-15(10-20-2)18-12-19-16/h3-6,9,12H,7-8,10-11H2,1-2H3,(H,17,18,19). The summed E-state index contributed by atoms with van der Waals surface area (Å²) in [6.45, 7) is 3.56. The van der Waals surface area contributed by atoms with E-state index in [2.05, 4.69) is 46.5 Å². The van der Waals surface area contributed by atoms with E-state index in [1.165, 1.54) is 11.1 Å². The summed E-state index contributed by atoms with van der Waals surface area (Å²) >= 11 is 1.92. The molecule has 1 aromatic heterocycles. The molecular weight excluding hydrogens is 282 g/mol. The molecule has 21 heavy (non-hydrogen) atoms. The number of anilines is 1. The molecule has 0 unspecified atom stereocenters. The molecule has 0 bridgehead atoms. The summed E-state index contributed by atoms with van der Waals surface area (Å²) in [6.07, 6.45) is 1.57. The molecule has 0 amide bonds. The summed E-state index contributed by atoms with van der Waals surface area (Å²) in [5.74, 6) is 2.94. The molecule has 0 aliphatic rings. The third kappa shape index (κ3) is 5.36. The summed E-state index contributed by atoms with van der Waals surface area (Å²) < 4.78 is 5.06. The maximum Gasteiger partial charge on any atom is 0.129 e. The first-order valence-electron chi connectivity index (χ1n) is 6.95. The van der Waals surface area contributed by atoms with Crippen molar-refractivity contribution in [1.29, 1.82) is 0 Å². The van der Waals surface area contributed by atoms with Gasteiger partial charge in [-0.15, -0.1) is 0 Å². The average Bonchev–Trinajstić information content (AvgIpc) is 2.49. The lowest BCUT2D eigenvalue weighted by molar-refractivity contribution is 0.181. The third-order valence-corrected chi connectivity index (χ3v) is 4.10. The molecule has 0 spiro atoms. The Morgan fingerprint density at radius 1 is 1.24 bits per heavy atom. The van der Waals surface area contributed by atoms with Crippen LogP contribution >= 0.6 is 11.8 Å². The maximum atomic E-state index is 5.06. The van der Waals surface area contributed by atoms with Gasteiger partial charge in [-0.2, -0.15) is 11.8 Å². The van der Waals surface area contributed by atoms with Crippen LogP contribution in [0.4, 0.5) is 5.82 Å². The first kappa shape index (κ1) is 15.8. The molecule has 112 valence electrons. The topological polar surface area (TPSA) is 47.0 Å². The molecule has 0 fully saturated rings. The minimum atomic E-state index is 0.513. The van der Waals surface area contributed by atoms with Gasteiger partial charge in [-0.25, -0.2) is 9.97 Å². The van der Waals surface area contributed by atoms with E-state index < -0.39 is 0 Å². The largest absolute Gasteiger partial charge is 0.378 e. The zero-order chi connectivity index (χ0) is 14.9. The van der Waals surface area contributed by atoms with Gasteiger partial charge in [0, 0.05) is 31.2 Å². The molecule has 0 saturated heterocycles. The summed E-state index contributed by atoms with van der Waals surface area (Å²) in [4.78, 5) is 8.35. The van der Waals surface area contributed by atoms with E-state index in [1.807, 2.05) is 17.8 Å². The maximum absolute atomic E-state index is 5.06. The van der Waals surface area contributed by atoms with Gasteiger partial charge >= 0.3 is 0 Å². The van der Waals surface area contributed by atoms with Crippen LogP contribution in [0.15, 0.2) is 36.7 Å². The first-order chi connectivity index (χ1) is 10.3. The molecular formula is C16H21N3OS. The first-order valence-corrected chi connectivity index (χ1v) is 8.11. The van der Waals surface area contributed by atoms with Gasteiger partial charge in [0.05, 0.1) is 12.3 Å². The van der Waals surface area contributed by atoms with E-state index in [9.17, 15) is 0 Å². The molecule has 0 radical (unpaired) electrons. The Labute approximate surface area is 130 Å². The van der Waals surface area contributed by atoms with Gasteiger partial charge < -0.3 is 10.1 Å². The number of nitrogens with zero attached hydrogens (tertiary/aromatic N) is 2. The van der Waals surface area contributed by atoms with Crippen molar-refractivity contribution in [3.8, 4) is 0 Å². The van der Waals surface area contributed by atoms with Crippen molar-refractivity contribution in [2.75, 3.05) is 24.7 Å². The average molecular weight is 303 g/mol. The molecule has 0 atom stereocenters. The molecule has 1 aromatic carbocycles. The van der Waals surface area contributed by atoms with Crippen LogP contribution < -0.4 is 5.32 Å². The Morgan fingerprint density at radius 3 is 2.90 bits per heavy atom. The van der Waals surface area contributed by atoms with Gasteiger partial charge in [0.2, 0.25) is 0 Å². The van der Waals surface area contributed by atoms with Gasteiger partial charge in [0.15, 0.2) is 0 Å². The van der Waals surface area contributed by atoms with Crippen molar-refractivity contribution >= 4 is 17.6 Å². The number of methoxy groups -OCH3 is 1. The zero-order valence-corrected chi connectivity index (χ0v) is 13.3. The molecule has 4 nitrogen and oxygen atoms in total. The quantitative estimate of drug-likeness (QED) is 0.758. The SMILES string of the molecule is COCc1cc(NCCSCc2ccccc2C)ncn1. The Kier molecular flexibility index (Phi) is 6.50. The molecule has 0 aliphatic heterocycles. The normalized spacial score (nSPS) is 10.6. The molecule has 1 heterocycles. The van der Waals surface area contributed by atoms with Crippen molar-refractivity contribution in [2.45, 2.75) is 19.3 Å². The summed E-state index contributed by atoms with van der Waals surface area (Å²) in [5.41, 5.74) is 3.66. The summed E-state index contributed by atoms with van der Waals surface area (Å²) in [7, 11) is 1.66. The van der Waals surface area contributed by atoms with Crippen LogP contribution in [-0.4, -0.2) is 29.4 Å². The minimum Gasteiger partial charge on any atom is -0.378 e. The van der Waals surface area contributed by atoms with Crippen LogP contribution in [0, 0.1) is 6.92 Å². The van der Waals surface area contributed by atoms with Crippen molar-refractivity contribution in [3.63, 3.8) is 0 Å². The van der Waals surface area contributed by atoms with E-state index in [1.54, 1.807) is 13.4 Å². The van der Waals surface area contributed by atoms with E-state index in [4.69, 9.17) is 4.74 Å². The van der Waals surface area contributed by atoms with Crippen molar-refractivity contribution in [1.82, 2.24) is 9.97 Å². The lowest BCUT2D eigenvalue weighted by Crippen LogP contribution is -2.07. The second-order valence-corrected chi connectivity index (χ2v) is 5.84. The van der Waals surface area contributed by atoms with Gasteiger partial charge in [0.1, 0.15) is 12.1 Å². The summed E-state index contributed by atoms with van der Waals surface area (Å²) in [5, 5.41) is 3.32. The number of aryl methyl sites for hydroxylation is 1. The smallest absolute Gasteiger partial charge is 0.129 e. The fraction of sp³-hybridized carbons (Fsp3) is 0.375. The van der Waals surface area contributed by atoms with E-state index in [0.717, 1.165) is 29.6 Å². The van der Waals surface area contributed by atoms with Crippen LogP contribution in [-0.2, 0) is 17.1 Å². The predicted octanol–water partition coefficient (Wildman–Crippen LogP) is 3.28. The number of rotatable bonds is 8. The monoisotopic (exact) mass is 303 g/mol. The number of hydrogen-bond acceptors (Lipinski definition) is 5. The Balaban J connectivity index is 1.70. The van der Waals surface area contributed by atoms with Crippen LogP contribution in [0.25, 0.3) is 0 Å². The number of aromatic nitrogens is 2. The molecule has 2 rings (SSSR count). The molecule has 0 saturated carbocycles. The van der Waals surface area contributed by atoms with Crippen molar-refractivity contribution < 1.29 is 4.74 Å². The third-order valence-electron chi connectivity index (χ3n) is 3.09. The fourth-order valence-corrected chi connectivity index (χ4v) is 2.86. The minimum absolute atomic E-state index is 0.513. The van der Waals surface area contributed by atoms with Gasteiger partial charge in [-0.1, -0.05) is 24.3 Å². The predicted molar refractivity (Wildman–Crippen MR) is 88.6 cm³/mol. The van der Waals surface area contributed by atoms with Crippen molar-refractivity contribution in [3.05, 3.63) is 53.5 Å². The van der Waals surface area contributed by atoms with Crippen LogP contribution in [0.1, 0.15) is 16.8 Å². The van der Waals surface area contributed by atoms with Gasteiger partial charge in [-0.05, 0) is 18.1 Å². The number of benzene rings is 1. The lowest BCUT2D eigenvalue weighted by atomic mass is 10.1. The highest BCUT2D eigenvalue weighted by atomic mass is 32.2. The Bertz CT molecular complexity index is 563. The number of thioether (sulfide) groups is 1. The highest BCUT2D eigenvalue weighted by Gasteiger charge is 1.99. The van der Waals surface area contributed by atoms with E-state index in [0.29, 0.717) is 6.61 Å². The van der Waals surface area contributed by atoms with Crippen LogP contribution in [0.3, 0.4) is 0 Å². The summed E-state index contributed by atoms with van der Waals surface area (Å²) in [6, 6.07) is 10.5. The zero-order valence-electron chi connectivity index (χ0n) is 12.5. The van der Waals surface area contributed by atoms with Gasteiger partial charge in [0.25, 0.3) is 0 Å². The molecule has 1 N–H and O–H groups in total. The van der Waals surface area contributed by atoms with Crippen LogP contribution in [0.2, 0.25) is 0 Å². The second-order valence-electron chi connectivity index (χ2n) is 4.73. The Morgan fingerprint density at radius 2 is 2.10 bits per heavy atom. The fourth-order valence-electron chi connectivity index (χ4n) is 1.93. The Hall–Kier alpha value is -1.59. The number of hydrogen-bond donors (Lipinski definition) is 1. The molecule has 2 aromatic rings. The van der Waals surface area contributed by atoms with Crippen LogP contribution in [0.5, 0.6) is 0 Å². The highest BCUT2D eigenvalue weighted by Crippen LogP contribution is 2.15.